The molecular formula is C17H12ClFN4O2S. The summed E-state index contributed by atoms with van der Waals surface area (Å²) in [4.78, 5) is 3.79. The van der Waals surface area contributed by atoms with E-state index in [1.54, 1.807) is 18.3 Å². The SMILES string of the molecule is N#Cc1ccc(S(=O)(=O)NCc2ccc(-n3ccnc3)c(F)c2)cc1Cl. The van der Waals surface area contributed by atoms with Gasteiger partial charge in [-0.25, -0.2) is 22.5 Å². The largest absolute Gasteiger partial charge is 0.303 e. The molecule has 0 radical (unpaired) electrons. The quantitative estimate of drug-likeness (QED) is 0.725. The topological polar surface area (TPSA) is 87.8 Å². The average Bonchev–Trinajstić information content (AvgIpc) is 3.14. The number of nitriles is 1. The Morgan fingerprint density at radius 1 is 1.27 bits per heavy atom. The summed E-state index contributed by atoms with van der Waals surface area (Å²) in [5.74, 6) is -0.499. The molecular weight excluding hydrogens is 379 g/mol. The van der Waals surface area contributed by atoms with E-state index >= 15 is 0 Å². The maximum Gasteiger partial charge on any atom is 0.240 e. The lowest BCUT2D eigenvalue weighted by atomic mass is 10.2. The second-order valence-electron chi connectivity index (χ2n) is 5.33. The van der Waals surface area contributed by atoms with Crippen LogP contribution in [0.2, 0.25) is 5.02 Å². The predicted octanol–water partition coefficient (Wildman–Crippen LogP) is 3.01. The number of rotatable bonds is 5. The third-order valence-corrected chi connectivity index (χ3v) is 5.34. The highest BCUT2D eigenvalue weighted by molar-refractivity contribution is 7.89. The van der Waals surface area contributed by atoms with Crippen molar-refractivity contribution < 1.29 is 12.8 Å². The normalized spacial score (nSPS) is 11.3. The van der Waals surface area contributed by atoms with E-state index in [2.05, 4.69) is 9.71 Å². The lowest BCUT2D eigenvalue weighted by Crippen LogP contribution is -2.23. The van der Waals surface area contributed by atoms with Gasteiger partial charge in [0.2, 0.25) is 10.0 Å². The molecule has 0 unspecified atom stereocenters. The van der Waals surface area contributed by atoms with Gasteiger partial charge in [0.25, 0.3) is 0 Å². The number of nitrogens with one attached hydrogen (secondary N) is 1. The van der Waals surface area contributed by atoms with Gasteiger partial charge >= 0.3 is 0 Å². The van der Waals surface area contributed by atoms with E-state index in [0.717, 1.165) is 0 Å². The van der Waals surface area contributed by atoms with Crippen molar-refractivity contribution in [3.05, 3.63) is 77.1 Å². The first-order chi connectivity index (χ1) is 12.4. The van der Waals surface area contributed by atoms with Gasteiger partial charge in [0, 0.05) is 18.9 Å². The zero-order valence-corrected chi connectivity index (χ0v) is 14.8. The monoisotopic (exact) mass is 390 g/mol. The molecule has 0 aliphatic heterocycles. The molecule has 132 valence electrons. The molecule has 2 aromatic carbocycles. The molecule has 0 bridgehead atoms. The second-order valence-corrected chi connectivity index (χ2v) is 7.51. The smallest absolute Gasteiger partial charge is 0.240 e. The van der Waals surface area contributed by atoms with Gasteiger partial charge in [-0.3, -0.25) is 0 Å². The van der Waals surface area contributed by atoms with E-state index < -0.39 is 15.8 Å². The molecule has 1 N–H and O–H groups in total. The Hall–Kier alpha value is -2.73. The van der Waals surface area contributed by atoms with Crippen molar-refractivity contribution >= 4 is 21.6 Å². The Morgan fingerprint density at radius 3 is 2.69 bits per heavy atom. The van der Waals surface area contributed by atoms with Crippen LogP contribution in [0.15, 0.2) is 60.0 Å². The Morgan fingerprint density at radius 2 is 2.08 bits per heavy atom. The van der Waals surface area contributed by atoms with Crippen LogP contribution in [0.4, 0.5) is 4.39 Å². The Kier molecular flexibility index (Phi) is 5.04. The number of aromatic nitrogens is 2. The van der Waals surface area contributed by atoms with Gasteiger partial charge in [-0.05, 0) is 35.9 Å². The summed E-state index contributed by atoms with van der Waals surface area (Å²) in [7, 11) is -3.85. The standard InChI is InChI=1S/C17H12ClFN4O2S/c18-15-8-14(3-2-13(15)9-20)26(24,25)22-10-12-1-4-17(16(19)7-12)23-6-5-21-11-23/h1-8,11,22H,10H2. The van der Waals surface area contributed by atoms with Gasteiger partial charge in [-0.2, -0.15) is 5.26 Å². The van der Waals surface area contributed by atoms with Crippen molar-refractivity contribution in [1.82, 2.24) is 14.3 Å². The number of sulfonamides is 1. The van der Waals surface area contributed by atoms with Crippen LogP contribution in [0.3, 0.4) is 0 Å². The zero-order valence-electron chi connectivity index (χ0n) is 13.2. The lowest BCUT2D eigenvalue weighted by molar-refractivity contribution is 0.580. The van der Waals surface area contributed by atoms with Gasteiger partial charge < -0.3 is 4.57 Å². The molecule has 0 spiro atoms. The highest BCUT2D eigenvalue weighted by atomic mass is 35.5. The number of benzene rings is 2. The fraction of sp³-hybridized carbons (Fsp3) is 0.0588. The number of halogens is 2. The van der Waals surface area contributed by atoms with Gasteiger partial charge in [0.15, 0.2) is 0 Å². The molecule has 6 nitrogen and oxygen atoms in total. The van der Waals surface area contributed by atoms with Crippen LogP contribution in [0.1, 0.15) is 11.1 Å². The van der Waals surface area contributed by atoms with E-state index in [4.69, 9.17) is 16.9 Å². The second kappa shape index (κ2) is 7.25. The van der Waals surface area contributed by atoms with Crippen LogP contribution in [0, 0.1) is 17.1 Å². The summed E-state index contributed by atoms with van der Waals surface area (Å²) in [6.07, 6.45) is 4.61. The molecule has 3 rings (SSSR count). The molecule has 1 heterocycles. The fourth-order valence-corrected chi connectivity index (χ4v) is 3.62. The first-order valence-electron chi connectivity index (χ1n) is 7.37. The molecule has 26 heavy (non-hydrogen) atoms. The molecule has 0 saturated carbocycles. The van der Waals surface area contributed by atoms with Crippen molar-refractivity contribution in [2.45, 2.75) is 11.4 Å². The fourth-order valence-electron chi connectivity index (χ4n) is 2.29. The van der Waals surface area contributed by atoms with Crippen LogP contribution in [-0.2, 0) is 16.6 Å². The van der Waals surface area contributed by atoms with E-state index in [1.807, 2.05) is 6.07 Å². The number of nitrogens with zero attached hydrogens (tertiary/aromatic N) is 3. The maximum absolute atomic E-state index is 14.2. The third kappa shape index (κ3) is 3.75. The molecule has 0 saturated heterocycles. The van der Waals surface area contributed by atoms with E-state index in [0.29, 0.717) is 11.3 Å². The van der Waals surface area contributed by atoms with Crippen molar-refractivity contribution in [3.8, 4) is 11.8 Å². The number of hydrogen-bond acceptors (Lipinski definition) is 4. The van der Waals surface area contributed by atoms with E-state index in [-0.39, 0.29) is 22.0 Å². The maximum atomic E-state index is 14.2. The minimum Gasteiger partial charge on any atom is -0.303 e. The number of hydrogen-bond donors (Lipinski definition) is 1. The minimum atomic E-state index is -3.85. The molecule has 0 aliphatic rings. The lowest BCUT2D eigenvalue weighted by Gasteiger charge is -2.09. The van der Waals surface area contributed by atoms with E-state index in [9.17, 15) is 12.8 Å². The molecule has 0 atom stereocenters. The van der Waals surface area contributed by atoms with Gasteiger partial charge in [0.05, 0.1) is 27.5 Å². The number of imidazole rings is 1. The van der Waals surface area contributed by atoms with Crippen LogP contribution in [0.5, 0.6) is 0 Å². The first kappa shape index (κ1) is 18.1. The van der Waals surface area contributed by atoms with Crippen LogP contribution >= 0.6 is 11.6 Å². The van der Waals surface area contributed by atoms with Crippen LogP contribution in [0.25, 0.3) is 5.69 Å². The summed E-state index contributed by atoms with van der Waals surface area (Å²) < 4.78 is 42.8. The van der Waals surface area contributed by atoms with Crippen molar-refractivity contribution in [2.24, 2.45) is 0 Å². The van der Waals surface area contributed by atoms with Gasteiger partial charge in [0.1, 0.15) is 11.9 Å². The first-order valence-corrected chi connectivity index (χ1v) is 9.23. The molecule has 1 aromatic heterocycles. The summed E-state index contributed by atoms with van der Waals surface area (Å²) in [5.41, 5.74) is 0.949. The predicted molar refractivity (Wildman–Crippen MR) is 93.7 cm³/mol. The highest BCUT2D eigenvalue weighted by Gasteiger charge is 2.16. The summed E-state index contributed by atoms with van der Waals surface area (Å²) in [6, 6.07) is 10.1. The molecule has 9 heteroatoms. The van der Waals surface area contributed by atoms with Crippen molar-refractivity contribution in [3.63, 3.8) is 0 Å². The summed E-state index contributed by atoms with van der Waals surface area (Å²) >= 11 is 5.87. The van der Waals surface area contributed by atoms with Crippen molar-refractivity contribution in [1.29, 1.82) is 5.26 Å². The van der Waals surface area contributed by atoms with Crippen LogP contribution < -0.4 is 4.72 Å². The Balaban J connectivity index is 1.77. The third-order valence-electron chi connectivity index (χ3n) is 3.63. The molecule has 0 aliphatic carbocycles. The minimum absolute atomic E-state index is 0.0473. The van der Waals surface area contributed by atoms with Crippen LogP contribution in [-0.4, -0.2) is 18.0 Å². The van der Waals surface area contributed by atoms with E-state index in [1.165, 1.54) is 41.4 Å². The Labute approximate surface area is 154 Å². The molecule has 0 amide bonds. The highest BCUT2D eigenvalue weighted by Crippen LogP contribution is 2.21. The zero-order chi connectivity index (χ0) is 18.7. The van der Waals surface area contributed by atoms with Crippen molar-refractivity contribution in [2.75, 3.05) is 0 Å². The molecule has 0 fully saturated rings. The summed E-state index contributed by atoms with van der Waals surface area (Å²) in [5, 5.41) is 8.89. The average molecular weight is 391 g/mol. The van der Waals surface area contributed by atoms with Gasteiger partial charge in [-0.15, -0.1) is 0 Å². The molecule has 3 aromatic rings. The Bertz CT molecular complexity index is 1090. The summed E-state index contributed by atoms with van der Waals surface area (Å²) in [6.45, 7) is -0.0961. The van der Waals surface area contributed by atoms with Gasteiger partial charge in [-0.1, -0.05) is 17.7 Å².